The molecule has 26 heavy (non-hydrogen) atoms. The number of rotatable bonds is 5. The van der Waals surface area contributed by atoms with Crippen molar-refractivity contribution in [2.75, 3.05) is 32.7 Å². The second kappa shape index (κ2) is 7.46. The Morgan fingerprint density at radius 1 is 1.42 bits per heavy atom. The highest BCUT2D eigenvalue weighted by molar-refractivity contribution is 6.44. The normalized spacial score (nSPS) is 23.7. The minimum atomic E-state index is -1.09. The van der Waals surface area contributed by atoms with Crippen LogP contribution in [0.5, 0.6) is 11.5 Å². The molecule has 2 fully saturated rings. The van der Waals surface area contributed by atoms with Crippen LogP contribution in [0.25, 0.3) is 0 Å². The molecule has 0 aromatic heterocycles. The minimum Gasteiger partial charge on any atom is -0.535 e. The molecule has 0 aliphatic carbocycles. The van der Waals surface area contributed by atoms with E-state index in [0.717, 1.165) is 38.3 Å². The summed E-state index contributed by atoms with van der Waals surface area (Å²) in [5.74, 6) is 0.181. The first-order valence-electron chi connectivity index (χ1n) is 9.44. The molecule has 8 heteroatoms. The largest absolute Gasteiger partial charge is 0.535 e. The maximum absolute atomic E-state index is 11.8. The number of piperidine rings is 1. The number of carboxylic acids is 1. The number of hydrogen-bond acceptors (Lipinski definition) is 6. The van der Waals surface area contributed by atoms with Crippen molar-refractivity contribution in [2.24, 2.45) is 5.92 Å². The summed E-state index contributed by atoms with van der Waals surface area (Å²) in [6.07, 6.45) is 3.57. The highest BCUT2D eigenvalue weighted by atomic mass is 16.5. The zero-order valence-corrected chi connectivity index (χ0v) is 14.8. The van der Waals surface area contributed by atoms with Crippen molar-refractivity contribution in [1.29, 1.82) is 0 Å². The lowest BCUT2D eigenvalue weighted by atomic mass is 9.78. The predicted molar refractivity (Wildman–Crippen MR) is 97.0 cm³/mol. The SMILES string of the molecule is O=C(O)c1c(OC2CN(CC3CCCNC3)C2)ccc2c1OB(O)CC2. The van der Waals surface area contributed by atoms with Gasteiger partial charge in [-0.05, 0) is 56.2 Å². The second-order valence-electron chi connectivity index (χ2n) is 7.51. The average Bonchev–Trinajstić information content (AvgIpc) is 2.60. The number of aryl methyl sites for hydroxylation is 1. The molecule has 7 nitrogen and oxygen atoms in total. The van der Waals surface area contributed by atoms with E-state index in [1.54, 1.807) is 6.07 Å². The molecule has 0 saturated carbocycles. The summed E-state index contributed by atoms with van der Waals surface area (Å²) >= 11 is 0. The van der Waals surface area contributed by atoms with Crippen LogP contribution in [0.4, 0.5) is 0 Å². The fourth-order valence-corrected chi connectivity index (χ4v) is 4.08. The Morgan fingerprint density at radius 2 is 2.27 bits per heavy atom. The van der Waals surface area contributed by atoms with Gasteiger partial charge in [-0.25, -0.2) is 4.79 Å². The van der Waals surface area contributed by atoms with Crippen LogP contribution in [0.1, 0.15) is 28.8 Å². The summed E-state index contributed by atoms with van der Waals surface area (Å²) in [6, 6.07) is 3.56. The van der Waals surface area contributed by atoms with Crippen molar-refractivity contribution in [3.8, 4) is 11.5 Å². The van der Waals surface area contributed by atoms with Gasteiger partial charge < -0.3 is 24.8 Å². The van der Waals surface area contributed by atoms with Crippen LogP contribution >= 0.6 is 0 Å². The molecule has 1 aromatic carbocycles. The Hall–Kier alpha value is -1.77. The summed E-state index contributed by atoms with van der Waals surface area (Å²) in [6.45, 7) is 4.90. The highest BCUT2D eigenvalue weighted by Crippen LogP contribution is 2.37. The zero-order valence-electron chi connectivity index (χ0n) is 14.8. The van der Waals surface area contributed by atoms with Crippen LogP contribution in [0.2, 0.25) is 6.32 Å². The predicted octanol–water partition coefficient (Wildman–Crippen LogP) is 0.863. The minimum absolute atomic E-state index is 0.00351. The maximum Gasteiger partial charge on any atom is 0.522 e. The van der Waals surface area contributed by atoms with E-state index in [2.05, 4.69) is 10.2 Å². The average molecular weight is 360 g/mol. The number of ether oxygens (including phenoxy) is 1. The molecule has 2 saturated heterocycles. The molecule has 140 valence electrons. The van der Waals surface area contributed by atoms with Crippen LogP contribution in [0, 0.1) is 5.92 Å². The Labute approximate surface area is 153 Å². The van der Waals surface area contributed by atoms with Gasteiger partial charge in [0.1, 0.15) is 23.2 Å². The highest BCUT2D eigenvalue weighted by Gasteiger charge is 2.34. The number of aromatic carboxylic acids is 1. The third-order valence-corrected chi connectivity index (χ3v) is 5.46. The lowest BCUT2D eigenvalue weighted by Gasteiger charge is -2.41. The lowest BCUT2D eigenvalue weighted by molar-refractivity contribution is 0.00712. The van der Waals surface area contributed by atoms with Crippen LogP contribution in [0.3, 0.4) is 0 Å². The molecular formula is C18H25BN2O5. The third-order valence-electron chi connectivity index (χ3n) is 5.46. The smallest absolute Gasteiger partial charge is 0.522 e. The maximum atomic E-state index is 11.8. The number of likely N-dealkylation sites (tertiary alicyclic amines) is 1. The Balaban J connectivity index is 1.39. The number of carbonyl (C=O) groups is 1. The summed E-state index contributed by atoms with van der Waals surface area (Å²) in [7, 11) is -0.959. The molecule has 0 bridgehead atoms. The molecule has 0 radical (unpaired) electrons. The Morgan fingerprint density at radius 3 is 3.00 bits per heavy atom. The molecule has 1 atom stereocenters. The van der Waals surface area contributed by atoms with Gasteiger partial charge in [-0.2, -0.15) is 0 Å². The van der Waals surface area contributed by atoms with Crippen molar-refractivity contribution >= 4 is 13.1 Å². The first kappa shape index (κ1) is 17.6. The van der Waals surface area contributed by atoms with E-state index in [9.17, 15) is 14.9 Å². The molecule has 3 aliphatic heterocycles. The van der Waals surface area contributed by atoms with Gasteiger partial charge in [0, 0.05) is 19.6 Å². The molecule has 3 heterocycles. The van der Waals surface area contributed by atoms with Crippen LogP contribution in [0.15, 0.2) is 12.1 Å². The van der Waals surface area contributed by atoms with E-state index in [0.29, 0.717) is 24.4 Å². The van der Waals surface area contributed by atoms with E-state index in [-0.39, 0.29) is 17.4 Å². The van der Waals surface area contributed by atoms with E-state index in [4.69, 9.17) is 9.39 Å². The number of fused-ring (bicyclic) bond motifs is 1. The Bertz CT molecular complexity index is 674. The van der Waals surface area contributed by atoms with Gasteiger partial charge in [-0.1, -0.05) is 6.07 Å². The second-order valence-corrected chi connectivity index (χ2v) is 7.51. The fourth-order valence-electron chi connectivity index (χ4n) is 4.08. The van der Waals surface area contributed by atoms with Crippen molar-refractivity contribution in [1.82, 2.24) is 10.2 Å². The first-order chi connectivity index (χ1) is 12.6. The van der Waals surface area contributed by atoms with E-state index >= 15 is 0 Å². The van der Waals surface area contributed by atoms with Gasteiger partial charge in [-0.3, -0.25) is 4.90 Å². The topological polar surface area (TPSA) is 91.3 Å². The molecule has 3 aliphatic rings. The number of hydrogen-bond donors (Lipinski definition) is 3. The summed E-state index contributed by atoms with van der Waals surface area (Å²) < 4.78 is 11.4. The summed E-state index contributed by atoms with van der Waals surface area (Å²) in [5.41, 5.74) is 0.830. The quantitative estimate of drug-likeness (QED) is 0.671. The van der Waals surface area contributed by atoms with Gasteiger partial charge in [-0.15, -0.1) is 0 Å². The molecular weight excluding hydrogens is 335 g/mol. The fraction of sp³-hybridized carbons (Fsp3) is 0.611. The van der Waals surface area contributed by atoms with Gasteiger partial charge in [0.2, 0.25) is 0 Å². The van der Waals surface area contributed by atoms with Crippen molar-refractivity contribution in [3.05, 3.63) is 23.3 Å². The van der Waals surface area contributed by atoms with E-state index in [1.165, 1.54) is 12.8 Å². The number of carboxylic acid groups (broad SMARTS) is 1. The third kappa shape index (κ3) is 3.67. The number of nitrogens with zero attached hydrogens (tertiary/aromatic N) is 1. The number of benzene rings is 1. The Kier molecular flexibility index (Phi) is 5.06. The van der Waals surface area contributed by atoms with Crippen molar-refractivity contribution < 1.29 is 24.3 Å². The van der Waals surface area contributed by atoms with E-state index < -0.39 is 13.1 Å². The van der Waals surface area contributed by atoms with E-state index in [1.807, 2.05) is 6.07 Å². The van der Waals surface area contributed by atoms with Crippen molar-refractivity contribution in [2.45, 2.75) is 31.7 Å². The summed E-state index contributed by atoms with van der Waals surface area (Å²) in [5, 5.41) is 22.8. The molecule has 0 amide bonds. The molecule has 4 rings (SSSR count). The van der Waals surface area contributed by atoms with Gasteiger partial charge in [0.05, 0.1) is 0 Å². The van der Waals surface area contributed by atoms with Gasteiger partial charge in [0.15, 0.2) is 0 Å². The standard InChI is InChI=1S/C18H25BN2O5/c22-18(23)16-15(4-3-13-5-6-19(24)26-17(13)16)25-14-10-21(11-14)9-12-2-1-7-20-8-12/h3-4,12,14,20,24H,1-2,5-11H2,(H,22,23). The molecule has 0 spiro atoms. The monoisotopic (exact) mass is 360 g/mol. The van der Waals surface area contributed by atoms with Crippen LogP contribution in [-0.4, -0.2) is 66.9 Å². The van der Waals surface area contributed by atoms with Crippen LogP contribution in [-0.2, 0) is 6.42 Å². The van der Waals surface area contributed by atoms with Crippen LogP contribution < -0.4 is 14.7 Å². The first-order valence-corrected chi connectivity index (χ1v) is 9.44. The van der Waals surface area contributed by atoms with Crippen molar-refractivity contribution in [3.63, 3.8) is 0 Å². The van der Waals surface area contributed by atoms with Gasteiger partial charge >= 0.3 is 13.1 Å². The van der Waals surface area contributed by atoms with Gasteiger partial charge in [0.25, 0.3) is 0 Å². The lowest BCUT2D eigenvalue weighted by Crippen LogP contribution is -2.56. The zero-order chi connectivity index (χ0) is 18.1. The number of nitrogens with one attached hydrogen (secondary N) is 1. The summed E-state index contributed by atoms with van der Waals surface area (Å²) in [4.78, 5) is 14.1. The molecule has 3 N–H and O–H groups in total. The molecule has 1 aromatic rings. The molecule has 1 unspecified atom stereocenters.